The van der Waals surface area contributed by atoms with Crippen LogP contribution >= 0.6 is 0 Å². The number of ether oxygens (including phenoxy) is 1. The van der Waals surface area contributed by atoms with Crippen molar-refractivity contribution in [3.05, 3.63) is 65.2 Å². The third-order valence-electron chi connectivity index (χ3n) is 4.23. The van der Waals surface area contributed by atoms with Gasteiger partial charge in [-0.05, 0) is 47.7 Å². The first-order chi connectivity index (χ1) is 12.4. The molecule has 1 saturated carbocycles. The molecule has 0 radical (unpaired) electrons. The number of carbonyl (C=O) groups excluding carboxylic acids is 1. The number of hydrogen-bond donors (Lipinski definition) is 2. The Morgan fingerprint density at radius 3 is 2.69 bits per heavy atom. The Kier molecular flexibility index (Phi) is 5.16. The second kappa shape index (κ2) is 7.51. The monoisotopic (exact) mass is 361 g/mol. The molecule has 3 rings (SSSR count). The van der Waals surface area contributed by atoms with Crippen LogP contribution < -0.4 is 10.1 Å². The molecule has 0 spiro atoms. The highest BCUT2D eigenvalue weighted by Gasteiger charge is 2.44. The molecule has 2 atom stereocenters. The molecule has 136 valence electrons. The van der Waals surface area contributed by atoms with Gasteiger partial charge in [0.2, 0.25) is 5.91 Å². The standard InChI is InChI=1S/C19H17F2NO4/c20-16-5-4-12(7-17(16)21)14-8-15(14)19(25)22-9-11-2-1-3-13(6-11)26-10-18(23)24/h1-7,14-15H,8-10H2,(H,22,25)(H,23,24). The molecule has 0 saturated heterocycles. The molecule has 0 heterocycles. The van der Waals surface area contributed by atoms with Gasteiger partial charge in [-0.2, -0.15) is 0 Å². The fraction of sp³-hybridized carbons (Fsp3) is 0.263. The van der Waals surface area contributed by atoms with Crippen LogP contribution in [0.4, 0.5) is 8.78 Å². The maximum atomic E-state index is 13.3. The molecule has 1 aliphatic rings. The lowest BCUT2D eigenvalue weighted by atomic mass is 10.1. The Balaban J connectivity index is 1.52. The molecule has 2 unspecified atom stereocenters. The average Bonchev–Trinajstić information content (AvgIpc) is 3.41. The molecule has 0 aliphatic heterocycles. The van der Waals surface area contributed by atoms with Gasteiger partial charge in [0.25, 0.3) is 0 Å². The zero-order valence-corrected chi connectivity index (χ0v) is 13.7. The van der Waals surface area contributed by atoms with Gasteiger partial charge in [-0.3, -0.25) is 4.79 Å². The van der Waals surface area contributed by atoms with Crippen LogP contribution in [-0.2, 0) is 16.1 Å². The largest absolute Gasteiger partial charge is 0.482 e. The van der Waals surface area contributed by atoms with Crippen molar-refractivity contribution < 1.29 is 28.2 Å². The summed E-state index contributed by atoms with van der Waals surface area (Å²) in [7, 11) is 0. The topological polar surface area (TPSA) is 75.6 Å². The number of rotatable bonds is 7. The summed E-state index contributed by atoms with van der Waals surface area (Å²) in [6.45, 7) is -0.169. The van der Waals surface area contributed by atoms with Gasteiger partial charge in [0.05, 0.1) is 0 Å². The summed E-state index contributed by atoms with van der Waals surface area (Å²) >= 11 is 0. The first kappa shape index (κ1) is 17.8. The lowest BCUT2D eigenvalue weighted by molar-refractivity contribution is -0.139. The fourth-order valence-electron chi connectivity index (χ4n) is 2.81. The molecule has 1 amide bonds. The summed E-state index contributed by atoms with van der Waals surface area (Å²) in [6.07, 6.45) is 0.596. The Morgan fingerprint density at radius 2 is 1.96 bits per heavy atom. The summed E-state index contributed by atoms with van der Waals surface area (Å²) in [5.74, 6) is -2.99. The van der Waals surface area contributed by atoms with E-state index in [1.54, 1.807) is 24.3 Å². The molecule has 2 aromatic rings. The maximum absolute atomic E-state index is 13.3. The summed E-state index contributed by atoms with van der Waals surface area (Å²) in [5.41, 5.74) is 1.39. The number of halogens is 2. The molecule has 1 fully saturated rings. The SMILES string of the molecule is O=C(O)COc1cccc(CNC(=O)C2CC2c2ccc(F)c(F)c2)c1. The van der Waals surface area contributed by atoms with E-state index in [0.29, 0.717) is 17.7 Å². The minimum absolute atomic E-state index is 0.102. The van der Waals surface area contributed by atoms with Crippen molar-refractivity contribution in [1.82, 2.24) is 5.32 Å². The van der Waals surface area contributed by atoms with Crippen molar-refractivity contribution in [2.24, 2.45) is 5.92 Å². The number of carboxylic acids is 1. The quantitative estimate of drug-likeness (QED) is 0.795. The molecule has 0 bridgehead atoms. The van der Waals surface area contributed by atoms with E-state index in [9.17, 15) is 18.4 Å². The number of amides is 1. The third kappa shape index (κ3) is 4.36. The number of benzene rings is 2. The normalized spacial score (nSPS) is 18.2. The van der Waals surface area contributed by atoms with Crippen LogP contribution in [0.2, 0.25) is 0 Å². The van der Waals surface area contributed by atoms with E-state index in [4.69, 9.17) is 9.84 Å². The van der Waals surface area contributed by atoms with Gasteiger partial charge in [-0.1, -0.05) is 18.2 Å². The van der Waals surface area contributed by atoms with E-state index in [1.165, 1.54) is 6.07 Å². The van der Waals surface area contributed by atoms with Crippen molar-refractivity contribution in [3.63, 3.8) is 0 Å². The van der Waals surface area contributed by atoms with E-state index in [-0.39, 0.29) is 24.3 Å². The number of hydrogen-bond acceptors (Lipinski definition) is 3. The zero-order valence-electron chi connectivity index (χ0n) is 13.7. The molecular formula is C19H17F2NO4. The van der Waals surface area contributed by atoms with Gasteiger partial charge in [0, 0.05) is 12.5 Å². The predicted molar refractivity (Wildman–Crippen MR) is 88.6 cm³/mol. The molecule has 1 aliphatic carbocycles. The summed E-state index contributed by atoms with van der Waals surface area (Å²) in [5, 5.41) is 11.4. The van der Waals surface area contributed by atoms with Gasteiger partial charge in [0.15, 0.2) is 18.2 Å². The van der Waals surface area contributed by atoms with Crippen LogP contribution in [0, 0.1) is 17.6 Å². The van der Waals surface area contributed by atoms with E-state index < -0.39 is 24.2 Å². The smallest absolute Gasteiger partial charge is 0.341 e. The van der Waals surface area contributed by atoms with Gasteiger partial charge in [-0.15, -0.1) is 0 Å². The zero-order chi connectivity index (χ0) is 18.7. The number of carbonyl (C=O) groups is 2. The number of carboxylic acid groups (broad SMARTS) is 1. The van der Waals surface area contributed by atoms with E-state index in [2.05, 4.69) is 5.32 Å². The first-order valence-electron chi connectivity index (χ1n) is 8.10. The van der Waals surface area contributed by atoms with Crippen LogP contribution in [-0.4, -0.2) is 23.6 Å². The minimum atomic E-state index is -1.07. The molecule has 0 aromatic heterocycles. The van der Waals surface area contributed by atoms with Crippen molar-refractivity contribution in [2.45, 2.75) is 18.9 Å². The lowest BCUT2D eigenvalue weighted by Gasteiger charge is -2.08. The van der Waals surface area contributed by atoms with E-state index in [0.717, 1.165) is 17.7 Å². The minimum Gasteiger partial charge on any atom is -0.482 e. The molecular weight excluding hydrogens is 344 g/mol. The highest BCUT2D eigenvalue weighted by molar-refractivity contribution is 5.82. The lowest BCUT2D eigenvalue weighted by Crippen LogP contribution is -2.24. The summed E-state index contributed by atoms with van der Waals surface area (Å²) < 4.78 is 31.4. The number of nitrogens with one attached hydrogen (secondary N) is 1. The molecule has 7 heteroatoms. The van der Waals surface area contributed by atoms with Gasteiger partial charge < -0.3 is 15.2 Å². The Morgan fingerprint density at radius 1 is 1.15 bits per heavy atom. The molecule has 2 N–H and O–H groups in total. The van der Waals surface area contributed by atoms with Gasteiger partial charge in [0.1, 0.15) is 5.75 Å². The van der Waals surface area contributed by atoms with Crippen molar-refractivity contribution in [3.8, 4) is 5.75 Å². The molecule has 2 aromatic carbocycles. The van der Waals surface area contributed by atoms with Crippen LogP contribution in [0.25, 0.3) is 0 Å². The van der Waals surface area contributed by atoms with Crippen LogP contribution in [0.15, 0.2) is 42.5 Å². The highest BCUT2D eigenvalue weighted by Crippen LogP contribution is 2.47. The Bertz CT molecular complexity index is 840. The van der Waals surface area contributed by atoms with E-state index >= 15 is 0 Å². The van der Waals surface area contributed by atoms with Crippen LogP contribution in [0.3, 0.4) is 0 Å². The number of aliphatic carboxylic acids is 1. The predicted octanol–water partition coefficient (Wildman–Crippen LogP) is 2.85. The van der Waals surface area contributed by atoms with Crippen LogP contribution in [0.5, 0.6) is 5.75 Å². The van der Waals surface area contributed by atoms with Crippen molar-refractivity contribution in [1.29, 1.82) is 0 Å². The Hall–Kier alpha value is -2.96. The molecule has 26 heavy (non-hydrogen) atoms. The molecule has 5 nitrogen and oxygen atoms in total. The fourth-order valence-corrected chi connectivity index (χ4v) is 2.81. The van der Waals surface area contributed by atoms with Crippen molar-refractivity contribution >= 4 is 11.9 Å². The second-order valence-corrected chi connectivity index (χ2v) is 6.17. The summed E-state index contributed by atoms with van der Waals surface area (Å²) in [6, 6.07) is 10.5. The maximum Gasteiger partial charge on any atom is 0.341 e. The highest BCUT2D eigenvalue weighted by atomic mass is 19.2. The van der Waals surface area contributed by atoms with Gasteiger partial charge in [-0.25, -0.2) is 13.6 Å². The van der Waals surface area contributed by atoms with E-state index in [1.807, 2.05) is 0 Å². The second-order valence-electron chi connectivity index (χ2n) is 6.17. The van der Waals surface area contributed by atoms with Crippen molar-refractivity contribution in [2.75, 3.05) is 6.61 Å². The van der Waals surface area contributed by atoms with Gasteiger partial charge >= 0.3 is 5.97 Å². The summed E-state index contributed by atoms with van der Waals surface area (Å²) in [4.78, 5) is 22.7. The third-order valence-corrected chi connectivity index (χ3v) is 4.23. The first-order valence-corrected chi connectivity index (χ1v) is 8.10. The van der Waals surface area contributed by atoms with Crippen LogP contribution in [0.1, 0.15) is 23.5 Å². The Labute approximate surface area is 148 Å². The average molecular weight is 361 g/mol.